The van der Waals surface area contributed by atoms with Crippen LogP contribution in [0.5, 0.6) is 0 Å². The zero-order valence-corrected chi connectivity index (χ0v) is 25.2. The minimum Gasteiger partial charge on any atom is -0.394 e. The predicted octanol–water partition coefficient (Wildman–Crippen LogP) is 5.44. The molecule has 0 saturated heterocycles. The number of nitrogens with zero attached hydrogens (tertiary/aromatic N) is 1. The molecule has 0 aliphatic heterocycles. The zero-order chi connectivity index (χ0) is 30.5. The van der Waals surface area contributed by atoms with Gasteiger partial charge in [-0.3, -0.25) is 14.9 Å². The van der Waals surface area contributed by atoms with Gasteiger partial charge in [0.1, 0.15) is 29.3 Å². The smallest absolute Gasteiger partial charge is 0.269 e. The van der Waals surface area contributed by atoms with Gasteiger partial charge in [-0.05, 0) is 73.4 Å². The molecule has 0 aliphatic rings. The molecule has 4 aromatic rings. The van der Waals surface area contributed by atoms with E-state index in [0.717, 1.165) is 31.8 Å². The van der Waals surface area contributed by atoms with Crippen LogP contribution in [0.1, 0.15) is 50.2 Å². The number of aliphatic hydroxyl groups is 2. The lowest BCUT2D eigenvalue weighted by atomic mass is 10.0. The van der Waals surface area contributed by atoms with Crippen LogP contribution in [-0.4, -0.2) is 39.9 Å². The minimum atomic E-state index is -1.83. The summed E-state index contributed by atoms with van der Waals surface area (Å²) >= 11 is 0. The summed E-state index contributed by atoms with van der Waals surface area (Å²) in [5.74, 6) is -0.234. The molecule has 4 rings (SSSR count). The Labute approximate surface area is 254 Å². The molecule has 0 unspecified atom stereocenters. The number of amides is 1. The van der Waals surface area contributed by atoms with Crippen molar-refractivity contribution in [2.24, 2.45) is 0 Å². The number of carbonyl (C=O) groups excluding carboxylic acids is 1. The topological polar surface area (TPSA) is 113 Å². The molecule has 1 amide bonds. The third-order valence-electron chi connectivity index (χ3n) is 7.86. The van der Waals surface area contributed by atoms with E-state index >= 15 is 0 Å². The average Bonchev–Trinajstić information content (AvgIpc) is 3.06. The molecule has 0 spiro atoms. The Hall–Kier alpha value is -3.90. The van der Waals surface area contributed by atoms with E-state index in [2.05, 4.69) is 96.3 Å². The number of nitro benzene ring substituents is 1. The minimum absolute atomic E-state index is 0.0895. The number of hydrogen-bond acceptors (Lipinski definition) is 5. The maximum absolute atomic E-state index is 12.6. The first-order valence-corrected chi connectivity index (χ1v) is 16.8. The standard InChI is InChI=1S/C35H39N2O5P/c38-27-33(35(40)28-22-24-29(25-23-28)37(41)42)36-34(39)21-13-2-1-3-14-26-43(30-15-7-4-8-16-30,31-17-9-5-10-18-31)32-19-11-6-12-20-32/h4-12,15-20,22-25,33,35,38,40H,1-3,13-14,21,26-27H2/p+1/t33-,35-/m1/s1. The summed E-state index contributed by atoms with van der Waals surface area (Å²) in [6.07, 6.45) is 4.99. The largest absolute Gasteiger partial charge is 0.394 e. The number of hydrogen-bond donors (Lipinski definition) is 3. The molecular formula is C35H40N2O5P+. The predicted molar refractivity (Wildman–Crippen MR) is 175 cm³/mol. The second-order valence-corrected chi connectivity index (χ2v) is 14.3. The van der Waals surface area contributed by atoms with Crippen LogP contribution >= 0.6 is 7.26 Å². The van der Waals surface area contributed by atoms with Crippen molar-refractivity contribution in [2.45, 2.75) is 50.7 Å². The van der Waals surface area contributed by atoms with Crippen LogP contribution < -0.4 is 21.2 Å². The van der Waals surface area contributed by atoms with E-state index in [0.29, 0.717) is 18.4 Å². The lowest BCUT2D eigenvalue weighted by Gasteiger charge is -2.27. The van der Waals surface area contributed by atoms with Gasteiger partial charge >= 0.3 is 0 Å². The lowest BCUT2D eigenvalue weighted by molar-refractivity contribution is -0.384. The van der Waals surface area contributed by atoms with Gasteiger partial charge < -0.3 is 15.5 Å². The summed E-state index contributed by atoms with van der Waals surface area (Å²) < 4.78 is 0. The number of rotatable bonds is 16. The van der Waals surface area contributed by atoms with Gasteiger partial charge in [0.2, 0.25) is 5.91 Å². The first-order valence-electron chi connectivity index (χ1n) is 14.8. The summed E-state index contributed by atoms with van der Waals surface area (Å²) in [4.78, 5) is 22.9. The quantitative estimate of drug-likeness (QED) is 0.0687. The second-order valence-electron chi connectivity index (χ2n) is 10.7. The number of benzene rings is 4. The van der Waals surface area contributed by atoms with Crippen LogP contribution in [-0.2, 0) is 4.79 Å². The van der Waals surface area contributed by atoms with Crippen LogP contribution in [0.15, 0.2) is 115 Å². The molecule has 0 aromatic heterocycles. The van der Waals surface area contributed by atoms with E-state index < -0.39 is 30.9 Å². The number of nitrogens with one attached hydrogen (secondary N) is 1. The molecule has 0 heterocycles. The number of aliphatic hydroxyl groups excluding tert-OH is 2. The first-order chi connectivity index (χ1) is 21.0. The van der Waals surface area contributed by atoms with Crippen molar-refractivity contribution < 1.29 is 19.9 Å². The fourth-order valence-corrected chi connectivity index (χ4v) is 9.99. The van der Waals surface area contributed by atoms with Crippen LogP contribution in [0.25, 0.3) is 0 Å². The molecule has 0 radical (unpaired) electrons. The summed E-state index contributed by atoms with van der Waals surface area (Å²) in [6.45, 7) is -0.445. The number of nitro groups is 1. The van der Waals surface area contributed by atoms with Crippen molar-refractivity contribution >= 4 is 34.8 Å². The molecule has 4 aromatic carbocycles. The van der Waals surface area contributed by atoms with Gasteiger partial charge in [-0.25, -0.2) is 0 Å². The summed E-state index contributed by atoms with van der Waals surface area (Å²) in [7, 11) is -1.83. The number of carbonyl (C=O) groups is 1. The molecule has 2 atom stereocenters. The SMILES string of the molecule is O=C(CCCCCCC[P+](c1ccccc1)(c1ccccc1)c1ccccc1)N[C@H](CO)[C@H](O)c1ccc([N+](=O)[O-])cc1. The van der Waals surface area contributed by atoms with Gasteiger partial charge in [-0.2, -0.15) is 0 Å². The Kier molecular flexibility index (Phi) is 12.0. The third-order valence-corrected chi connectivity index (χ3v) is 12.4. The Morgan fingerprint density at radius 1 is 0.721 bits per heavy atom. The van der Waals surface area contributed by atoms with Crippen LogP contribution in [0.2, 0.25) is 0 Å². The average molecular weight is 600 g/mol. The van der Waals surface area contributed by atoms with Gasteiger partial charge in [0.05, 0.1) is 23.7 Å². The van der Waals surface area contributed by atoms with E-state index in [-0.39, 0.29) is 11.6 Å². The highest BCUT2D eigenvalue weighted by atomic mass is 31.2. The summed E-state index contributed by atoms with van der Waals surface area (Å²) in [5.41, 5.74) is 0.304. The van der Waals surface area contributed by atoms with Crippen molar-refractivity contribution in [3.05, 3.63) is 131 Å². The fourth-order valence-electron chi connectivity index (χ4n) is 5.58. The van der Waals surface area contributed by atoms with Crippen molar-refractivity contribution in [1.82, 2.24) is 5.32 Å². The molecule has 43 heavy (non-hydrogen) atoms. The summed E-state index contributed by atoms with van der Waals surface area (Å²) in [6, 6.07) is 37.2. The molecule has 7 nitrogen and oxygen atoms in total. The lowest BCUT2D eigenvalue weighted by Crippen LogP contribution is -2.41. The maximum Gasteiger partial charge on any atom is 0.269 e. The van der Waals surface area contributed by atoms with E-state index in [1.165, 1.54) is 40.2 Å². The highest BCUT2D eigenvalue weighted by molar-refractivity contribution is 7.95. The molecular weight excluding hydrogens is 559 g/mol. The Bertz CT molecular complexity index is 1320. The van der Waals surface area contributed by atoms with Crippen LogP contribution in [0.3, 0.4) is 0 Å². The van der Waals surface area contributed by atoms with Gasteiger partial charge in [-0.1, -0.05) is 67.4 Å². The normalized spacial score (nSPS) is 12.8. The van der Waals surface area contributed by atoms with Gasteiger partial charge in [0.15, 0.2) is 0 Å². The first kappa shape index (κ1) is 32.0. The van der Waals surface area contributed by atoms with Gasteiger partial charge in [0.25, 0.3) is 5.69 Å². The molecule has 0 saturated carbocycles. The molecule has 0 bridgehead atoms. The highest BCUT2D eigenvalue weighted by Gasteiger charge is 2.44. The Morgan fingerprint density at radius 2 is 1.19 bits per heavy atom. The molecule has 3 N–H and O–H groups in total. The van der Waals surface area contributed by atoms with E-state index in [1.54, 1.807) is 0 Å². The van der Waals surface area contributed by atoms with Crippen molar-refractivity contribution in [2.75, 3.05) is 12.8 Å². The number of unbranched alkanes of at least 4 members (excludes halogenated alkanes) is 4. The van der Waals surface area contributed by atoms with Crippen molar-refractivity contribution in [1.29, 1.82) is 0 Å². The van der Waals surface area contributed by atoms with Crippen molar-refractivity contribution in [3.63, 3.8) is 0 Å². The van der Waals surface area contributed by atoms with Crippen LogP contribution in [0.4, 0.5) is 5.69 Å². The van der Waals surface area contributed by atoms with Gasteiger partial charge in [-0.15, -0.1) is 0 Å². The molecule has 0 aliphatic carbocycles. The van der Waals surface area contributed by atoms with Crippen LogP contribution in [0, 0.1) is 10.1 Å². The summed E-state index contributed by atoms with van der Waals surface area (Å²) in [5, 5.41) is 38.1. The third kappa shape index (κ3) is 8.35. The van der Waals surface area contributed by atoms with Gasteiger partial charge in [0, 0.05) is 18.6 Å². The van der Waals surface area contributed by atoms with Crippen molar-refractivity contribution in [3.8, 4) is 0 Å². The Balaban J connectivity index is 1.29. The monoisotopic (exact) mass is 599 g/mol. The highest BCUT2D eigenvalue weighted by Crippen LogP contribution is 2.56. The van der Waals surface area contributed by atoms with E-state index in [1.807, 2.05) is 0 Å². The Morgan fingerprint density at radius 3 is 1.65 bits per heavy atom. The maximum atomic E-state index is 12.6. The fraction of sp³-hybridized carbons (Fsp3) is 0.286. The molecule has 224 valence electrons. The van der Waals surface area contributed by atoms with E-state index in [9.17, 15) is 25.1 Å². The molecule has 0 fully saturated rings. The second kappa shape index (κ2) is 16.1. The van der Waals surface area contributed by atoms with E-state index in [4.69, 9.17) is 0 Å². The zero-order valence-electron chi connectivity index (χ0n) is 24.3. The number of non-ortho nitro benzene ring substituents is 1. The molecule has 8 heteroatoms.